The van der Waals surface area contributed by atoms with Gasteiger partial charge < -0.3 is 9.72 Å². The molecule has 0 aliphatic carbocycles. The Balaban J connectivity index is 2.38. The number of fused-ring (bicyclic) bond motifs is 3. The van der Waals surface area contributed by atoms with Crippen molar-refractivity contribution in [3.63, 3.8) is 0 Å². The number of nitrogens with one attached hydrogen (secondary N) is 1. The van der Waals surface area contributed by atoms with E-state index in [9.17, 15) is 9.59 Å². The van der Waals surface area contributed by atoms with Crippen LogP contribution in [0.2, 0.25) is 0 Å². The molecule has 6 heteroatoms. The van der Waals surface area contributed by atoms with Crippen molar-refractivity contribution >= 4 is 22.5 Å². The zero-order valence-corrected chi connectivity index (χ0v) is 10.2. The third-order valence-corrected chi connectivity index (χ3v) is 2.86. The minimum atomic E-state index is -0.543. The van der Waals surface area contributed by atoms with E-state index < -0.39 is 5.97 Å². The standard InChI is InChI=1S/C13H11N3O3/c1-2-19-13(18)8-7-14-16-10-6-4-3-5-9(10)15-12(17)11(8)16/h3-7H,2H2,1H3,(H,15,17). The molecule has 96 valence electrons. The smallest absolute Gasteiger partial charge is 0.342 e. The fourth-order valence-corrected chi connectivity index (χ4v) is 2.05. The lowest BCUT2D eigenvalue weighted by Crippen LogP contribution is -2.14. The maximum Gasteiger partial charge on any atom is 0.342 e. The van der Waals surface area contributed by atoms with E-state index in [2.05, 4.69) is 10.1 Å². The topological polar surface area (TPSA) is 76.5 Å². The summed E-state index contributed by atoms with van der Waals surface area (Å²) in [5, 5.41) is 4.11. The number of carbonyl (C=O) groups is 1. The van der Waals surface area contributed by atoms with Crippen LogP contribution in [0.1, 0.15) is 17.3 Å². The van der Waals surface area contributed by atoms with Crippen molar-refractivity contribution < 1.29 is 9.53 Å². The molecule has 19 heavy (non-hydrogen) atoms. The molecule has 2 aromatic heterocycles. The van der Waals surface area contributed by atoms with Crippen LogP contribution in [0.3, 0.4) is 0 Å². The van der Waals surface area contributed by atoms with Crippen LogP contribution in [0.5, 0.6) is 0 Å². The number of esters is 1. The Morgan fingerprint density at radius 3 is 3.00 bits per heavy atom. The molecule has 0 spiro atoms. The highest BCUT2D eigenvalue weighted by Crippen LogP contribution is 2.14. The van der Waals surface area contributed by atoms with Gasteiger partial charge in [0.15, 0.2) is 0 Å². The normalized spacial score (nSPS) is 11.0. The summed E-state index contributed by atoms with van der Waals surface area (Å²) in [4.78, 5) is 26.6. The second-order valence-corrected chi connectivity index (χ2v) is 4.01. The molecule has 2 heterocycles. The van der Waals surface area contributed by atoms with E-state index in [0.717, 1.165) is 5.52 Å². The van der Waals surface area contributed by atoms with Crippen molar-refractivity contribution in [1.82, 2.24) is 14.6 Å². The molecule has 0 bridgehead atoms. The zero-order valence-electron chi connectivity index (χ0n) is 10.2. The van der Waals surface area contributed by atoms with E-state index in [0.29, 0.717) is 5.52 Å². The Bertz CT molecular complexity index is 832. The van der Waals surface area contributed by atoms with Gasteiger partial charge in [-0.3, -0.25) is 4.79 Å². The molecule has 3 rings (SSSR count). The van der Waals surface area contributed by atoms with E-state index in [4.69, 9.17) is 4.74 Å². The Morgan fingerprint density at radius 1 is 1.42 bits per heavy atom. The van der Waals surface area contributed by atoms with Crippen LogP contribution in [0.15, 0.2) is 35.3 Å². The van der Waals surface area contributed by atoms with Gasteiger partial charge in [-0.25, -0.2) is 9.31 Å². The predicted molar refractivity (Wildman–Crippen MR) is 69.3 cm³/mol. The number of H-pyrrole nitrogens is 1. The molecule has 0 atom stereocenters. The Kier molecular flexibility index (Phi) is 2.56. The monoisotopic (exact) mass is 257 g/mol. The van der Waals surface area contributed by atoms with Gasteiger partial charge in [0.25, 0.3) is 5.56 Å². The highest BCUT2D eigenvalue weighted by molar-refractivity contribution is 5.97. The number of aromatic nitrogens is 3. The summed E-state index contributed by atoms with van der Waals surface area (Å²) < 4.78 is 6.38. The number of ether oxygens (including phenoxy) is 1. The number of hydrogen-bond acceptors (Lipinski definition) is 4. The van der Waals surface area contributed by atoms with Crippen LogP contribution in [0, 0.1) is 0 Å². The maximum absolute atomic E-state index is 12.1. The molecule has 0 fully saturated rings. The Morgan fingerprint density at radius 2 is 2.21 bits per heavy atom. The number of carbonyl (C=O) groups excluding carboxylic acids is 1. The van der Waals surface area contributed by atoms with E-state index >= 15 is 0 Å². The van der Waals surface area contributed by atoms with Crippen molar-refractivity contribution in [2.24, 2.45) is 0 Å². The summed E-state index contributed by atoms with van der Waals surface area (Å²) in [6, 6.07) is 7.26. The SMILES string of the molecule is CCOC(=O)c1cnn2c1c(=O)[nH]c1ccccc12. The van der Waals surface area contributed by atoms with Gasteiger partial charge in [0.2, 0.25) is 0 Å². The highest BCUT2D eigenvalue weighted by Gasteiger charge is 2.18. The molecular formula is C13H11N3O3. The Hall–Kier alpha value is -2.63. The van der Waals surface area contributed by atoms with Crippen molar-refractivity contribution in [3.05, 3.63) is 46.4 Å². The molecule has 0 saturated heterocycles. The molecule has 0 amide bonds. The molecule has 0 radical (unpaired) electrons. The first-order valence-electron chi connectivity index (χ1n) is 5.88. The average molecular weight is 257 g/mol. The molecule has 0 unspecified atom stereocenters. The van der Waals surface area contributed by atoms with E-state index in [-0.39, 0.29) is 23.2 Å². The first-order chi connectivity index (χ1) is 9.22. The third-order valence-electron chi connectivity index (χ3n) is 2.86. The van der Waals surface area contributed by atoms with Crippen LogP contribution < -0.4 is 5.56 Å². The van der Waals surface area contributed by atoms with Gasteiger partial charge >= 0.3 is 5.97 Å². The Labute approximate surface area is 107 Å². The molecule has 3 aromatic rings. The summed E-state index contributed by atoms with van der Waals surface area (Å²) in [5.41, 5.74) is 1.41. The summed E-state index contributed by atoms with van der Waals surface area (Å²) in [6.07, 6.45) is 1.36. The van der Waals surface area contributed by atoms with E-state index in [1.807, 2.05) is 18.2 Å². The molecule has 6 nitrogen and oxygen atoms in total. The minimum absolute atomic E-state index is 0.175. The number of para-hydroxylation sites is 2. The van der Waals surface area contributed by atoms with E-state index in [1.54, 1.807) is 13.0 Å². The highest BCUT2D eigenvalue weighted by atomic mass is 16.5. The van der Waals surface area contributed by atoms with Gasteiger partial charge in [0, 0.05) is 0 Å². The first-order valence-corrected chi connectivity index (χ1v) is 5.88. The average Bonchev–Trinajstić information content (AvgIpc) is 2.85. The van der Waals surface area contributed by atoms with Crippen LogP contribution >= 0.6 is 0 Å². The van der Waals surface area contributed by atoms with Gasteiger partial charge in [-0.05, 0) is 19.1 Å². The van der Waals surface area contributed by atoms with Crippen LogP contribution in [-0.2, 0) is 4.74 Å². The van der Waals surface area contributed by atoms with Crippen molar-refractivity contribution in [1.29, 1.82) is 0 Å². The van der Waals surface area contributed by atoms with Crippen LogP contribution in [0.4, 0.5) is 0 Å². The third kappa shape index (κ3) is 1.69. The summed E-state index contributed by atoms with van der Waals surface area (Å²) in [6.45, 7) is 1.96. The second-order valence-electron chi connectivity index (χ2n) is 4.01. The summed E-state index contributed by atoms with van der Waals surface area (Å²) >= 11 is 0. The number of rotatable bonds is 2. The quantitative estimate of drug-likeness (QED) is 0.703. The van der Waals surface area contributed by atoms with Gasteiger partial charge in [0.05, 0.1) is 23.8 Å². The number of hydrogen-bond donors (Lipinski definition) is 1. The minimum Gasteiger partial charge on any atom is -0.462 e. The first kappa shape index (κ1) is 11.5. The van der Waals surface area contributed by atoms with Gasteiger partial charge in [-0.1, -0.05) is 12.1 Å². The van der Waals surface area contributed by atoms with Gasteiger partial charge in [-0.15, -0.1) is 0 Å². The fourth-order valence-electron chi connectivity index (χ4n) is 2.05. The lowest BCUT2D eigenvalue weighted by molar-refractivity contribution is 0.0528. The molecule has 0 aliphatic rings. The molecule has 1 N–H and O–H groups in total. The number of nitrogens with zero attached hydrogens (tertiary/aromatic N) is 2. The van der Waals surface area contributed by atoms with Crippen molar-refractivity contribution in [2.45, 2.75) is 6.92 Å². The predicted octanol–water partition coefficient (Wildman–Crippen LogP) is 1.35. The number of benzene rings is 1. The van der Waals surface area contributed by atoms with Gasteiger partial charge in [-0.2, -0.15) is 5.10 Å². The van der Waals surface area contributed by atoms with Crippen LogP contribution in [-0.4, -0.2) is 27.2 Å². The molecular weight excluding hydrogens is 246 g/mol. The summed E-state index contributed by atoms with van der Waals surface area (Å²) in [7, 11) is 0. The number of aromatic amines is 1. The van der Waals surface area contributed by atoms with Crippen molar-refractivity contribution in [3.8, 4) is 0 Å². The fraction of sp³-hybridized carbons (Fsp3) is 0.154. The van der Waals surface area contributed by atoms with E-state index in [1.165, 1.54) is 10.7 Å². The molecule has 1 aromatic carbocycles. The molecule has 0 saturated carbocycles. The van der Waals surface area contributed by atoms with Crippen molar-refractivity contribution in [2.75, 3.05) is 6.61 Å². The lowest BCUT2D eigenvalue weighted by Gasteiger charge is -2.02. The molecule has 0 aliphatic heterocycles. The largest absolute Gasteiger partial charge is 0.462 e. The van der Waals surface area contributed by atoms with Gasteiger partial charge in [0.1, 0.15) is 11.1 Å². The van der Waals surface area contributed by atoms with Crippen LogP contribution in [0.25, 0.3) is 16.6 Å². The zero-order chi connectivity index (χ0) is 13.4. The maximum atomic E-state index is 12.1. The lowest BCUT2D eigenvalue weighted by atomic mass is 10.2. The summed E-state index contributed by atoms with van der Waals surface area (Å²) in [5.74, 6) is -0.543. The second kappa shape index (κ2) is 4.24.